The van der Waals surface area contributed by atoms with Gasteiger partial charge in [-0.15, -0.1) is 0 Å². The summed E-state index contributed by atoms with van der Waals surface area (Å²) in [7, 11) is 1.83. The molecule has 1 amide bonds. The Morgan fingerprint density at radius 1 is 1.22 bits per heavy atom. The van der Waals surface area contributed by atoms with Crippen molar-refractivity contribution < 1.29 is 9.18 Å². The van der Waals surface area contributed by atoms with Crippen LogP contribution in [0.4, 0.5) is 10.1 Å². The minimum absolute atomic E-state index is 0.196. The summed E-state index contributed by atoms with van der Waals surface area (Å²) < 4.78 is 12.9. The first-order valence-electron chi connectivity index (χ1n) is 7.08. The van der Waals surface area contributed by atoms with Crippen LogP contribution in [0.2, 0.25) is 10.0 Å². The van der Waals surface area contributed by atoms with E-state index in [0.29, 0.717) is 22.3 Å². The maximum atomic E-state index is 12.9. The van der Waals surface area contributed by atoms with Gasteiger partial charge in [-0.25, -0.2) is 4.39 Å². The maximum absolute atomic E-state index is 12.9. The lowest BCUT2D eigenvalue weighted by Crippen LogP contribution is -2.39. The van der Waals surface area contributed by atoms with Crippen molar-refractivity contribution in [3.63, 3.8) is 0 Å². The van der Waals surface area contributed by atoms with Crippen LogP contribution in [-0.4, -0.2) is 23.9 Å². The molecule has 0 saturated heterocycles. The number of likely N-dealkylation sites (N-methyl/N-ethyl adjacent to an activating group) is 1. The lowest BCUT2D eigenvalue weighted by Gasteiger charge is -2.24. The number of hydrogen-bond donors (Lipinski definition) is 1. The lowest BCUT2D eigenvalue weighted by atomic mass is 10.2. The average molecular weight is 355 g/mol. The molecule has 0 bridgehead atoms. The summed E-state index contributed by atoms with van der Waals surface area (Å²) in [5.41, 5.74) is 1.40. The smallest absolute Gasteiger partial charge is 0.241 e. The van der Waals surface area contributed by atoms with E-state index in [9.17, 15) is 9.18 Å². The van der Waals surface area contributed by atoms with Crippen molar-refractivity contribution in [3.8, 4) is 0 Å². The summed E-state index contributed by atoms with van der Waals surface area (Å²) in [6, 6.07) is 10.9. The molecule has 0 aliphatic rings. The third kappa shape index (κ3) is 4.67. The normalized spacial score (nSPS) is 12.3. The maximum Gasteiger partial charge on any atom is 0.241 e. The summed E-state index contributed by atoms with van der Waals surface area (Å²) in [4.78, 5) is 14.2. The molecule has 6 heteroatoms. The number of amides is 1. The Morgan fingerprint density at radius 2 is 1.87 bits per heavy atom. The largest absolute Gasteiger partial charge is 0.323 e. The molecule has 0 heterocycles. The highest BCUT2D eigenvalue weighted by atomic mass is 35.5. The van der Waals surface area contributed by atoms with Gasteiger partial charge in [0, 0.05) is 6.54 Å². The second kappa shape index (κ2) is 7.77. The molecule has 0 aliphatic carbocycles. The molecule has 1 unspecified atom stereocenters. The molecule has 2 aromatic carbocycles. The molecule has 1 N–H and O–H groups in total. The fraction of sp³-hybridized carbons (Fsp3) is 0.235. The van der Waals surface area contributed by atoms with Crippen molar-refractivity contribution in [1.82, 2.24) is 4.90 Å². The van der Waals surface area contributed by atoms with Crippen molar-refractivity contribution in [2.24, 2.45) is 0 Å². The van der Waals surface area contributed by atoms with E-state index in [1.54, 1.807) is 37.3 Å². The topological polar surface area (TPSA) is 32.3 Å². The third-order valence-corrected chi connectivity index (χ3v) is 4.41. The number of carbonyl (C=O) groups is 1. The molecular weight excluding hydrogens is 338 g/mol. The zero-order valence-corrected chi connectivity index (χ0v) is 14.3. The lowest BCUT2D eigenvalue weighted by molar-refractivity contribution is -0.120. The Kier molecular flexibility index (Phi) is 5.99. The quantitative estimate of drug-likeness (QED) is 0.851. The predicted molar refractivity (Wildman–Crippen MR) is 92.4 cm³/mol. The van der Waals surface area contributed by atoms with Gasteiger partial charge in [-0.3, -0.25) is 9.69 Å². The average Bonchev–Trinajstić information content (AvgIpc) is 2.53. The molecule has 2 rings (SSSR count). The molecule has 0 radical (unpaired) electrons. The number of benzene rings is 2. The molecular formula is C17H17Cl2FN2O. The van der Waals surface area contributed by atoms with Crippen molar-refractivity contribution in [1.29, 1.82) is 0 Å². The van der Waals surface area contributed by atoms with Crippen molar-refractivity contribution in [2.45, 2.75) is 19.5 Å². The van der Waals surface area contributed by atoms with Crippen LogP contribution < -0.4 is 5.32 Å². The zero-order chi connectivity index (χ0) is 17.0. The highest BCUT2D eigenvalue weighted by Gasteiger charge is 2.19. The van der Waals surface area contributed by atoms with Gasteiger partial charge in [0.25, 0.3) is 0 Å². The van der Waals surface area contributed by atoms with Gasteiger partial charge in [0.1, 0.15) is 5.82 Å². The number of halogens is 3. The first-order valence-corrected chi connectivity index (χ1v) is 7.83. The van der Waals surface area contributed by atoms with E-state index in [2.05, 4.69) is 5.32 Å². The predicted octanol–water partition coefficient (Wildman–Crippen LogP) is 4.59. The Morgan fingerprint density at radius 3 is 2.52 bits per heavy atom. The zero-order valence-electron chi connectivity index (χ0n) is 12.8. The van der Waals surface area contributed by atoms with Crippen LogP contribution in [0.5, 0.6) is 0 Å². The number of carbonyl (C=O) groups excluding carboxylic acids is 1. The molecule has 0 aromatic heterocycles. The van der Waals surface area contributed by atoms with Gasteiger partial charge in [-0.05, 0) is 43.8 Å². The van der Waals surface area contributed by atoms with Crippen molar-refractivity contribution in [2.75, 3.05) is 12.4 Å². The van der Waals surface area contributed by atoms with E-state index in [1.807, 2.05) is 11.9 Å². The van der Waals surface area contributed by atoms with E-state index < -0.39 is 6.04 Å². The minimum Gasteiger partial charge on any atom is -0.323 e. The number of nitrogens with zero attached hydrogens (tertiary/aromatic N) is 1. The van der Waals surface area contributed by atoms with E-state index >= 15 is 0 Å². The van der Waals surface area contributed by atoms with Crippen molar-refractivity contribution in [3.05, 3.63) is 63.9 Å². The van der Waals surface area contributed by atoms with Gasteiger partial charge >= 0.3 is 0 Å². The Hall–Kier alpha value is -1.62. The molecule has 2 aromatic rings. The summed E-state index contributed by atoms with van der Waals surface area (Å²) in [5.74, 6) is -0.475. The van der Waals surface area contributed by atoms with Crippen LogP contribution in [0.3, 0.4) is 0 Å². The van der Waals surface area contributed by atoms with Crippen molar-refractivity contribution >= 4 is 34.8 Å². The number of anilines is 1. The van der Waals surface area contributed by atoms with E-state index in [1.165, 1.54) is 12.1 Å². The highest BCUT2D eigenvalue weighted by molar-refractivity contribution is 6.44. The van der Waals surface area contributed by atoms with Crippen LogP contribution in [0.15, 0.2) is 42.5 Å². The Labute approximate surface area is 145 Å². The first kappa shape index (κ1) is 17.7. The van der Waals surface area contributed by atoms with Crippen LogP contribution in [0.25, 0.3) is 0 Å². The second-order valence-corrected chi connectivity index (χ2v) is 6.09. The monoisotopic (exact) mass is 354 g/mol. The van der Waals surface area contributed by atoms with Crippen LogP contribution in [0, 0.1) is 5.82 Å². The number of hydrogen-bond acceptors (Lipinski definition) is 2. The summed E-state index contributed by atoms with van der Waals surface area (Å²) >= 11 is 12.0. The molecule has 122 valence electrons. The molecule has 3 nitrogen and oxygen atoms in total. The fourth-order valence-corrected chi connectivity index (χ4v) is 2.40. The standard InChI is InChI=1S/C17H17Cl2FN2O/c1-11(22(2)10-12-6-8-13(20)9-7-12)17(23)21-15-5-3-4-14(18)16(15)19/h3-9,11H,10H2,1-2H3,(H,21,23). The molecule has 0 fully saturated rings. The van der Waals surface area contributed by atoms with E-state index in [0.717, 1.165) is 5.56 Å². The van der Waals surface area contributed by atoms with E-state index in [4.69, 9.17) is 23.2 Å². The second-order valence-electron chi connectivity index (χ2n) is 5.31. The fourth-order valence-electron chi connectivity index (χ4n) is 2.05. The van der Waals surface area contributed by atoms with Gasteiger partial charge < -0.3 is 5.32 Å². The minimum atomic E-state index is -0.393. The SMILES string of the molecule is CC(C(=O)Nc1cccc(Cl)c1Cl)N(C)Cc1ccc(F)cc1. The highest BCUT2D eigenvalue weighted by Crippen LogP contribution is 2.29. The summed E-state index contributed by atoms with van der Waals surface area (Å²) in [5, 5.41) is 3.47. The molecule has 0 spiro atoms. The van der Waals surface area contributed by atoms with Crippen LogP contribution in [-0.2, 0) is 11.3 Å². The van der Waals surface area contributed by atoms with Gasteiger partial charge in [0.2, 0.25) is 5.91 Å². The molecule has 23 heavy (non-hydrogen) atoms. The van der Waals surface area contributed by atoms with Crippen LogP contribution >= 0.6 is 23.2 Å². The number of nitrogens with one attached hydrogen (secondary N) is 1. The molecule has 0 saturated carbocycles. The van der Waals surface area contributed by atoms with Gasteiger partial charge in [-0.1, -0.05) is 41.4 Å². The third-order valence-electron chi connectivity index (χ3n) is 3.60. The Bertz CT molecular complexity index is 691. The first-order chi connectivity index (χ1) is 10.9. The number of rotatable bonds is 5. The van der Waals surface area contributed by atoms with E-state index in [-0.39, 0.29) is 11.7 Å². The Balaban J connectivity index is 2.01. The molecule has 1 atom stereocenters. The summed E-state index contributed by atoms with van der Waals surface area (Å²) in [6.45, 7) is 2.31. The van der Waals surface area contributed by atoms with Crippen LogP contribution in [0.1, 0.15) is 12.5 Å². The van der Waals surface area contributed by atoms with Gasteiger partial charge in [0.15, 0.2) is 0 Å². The molecule has 0 aliphatic heterocycles. The van der Waals surface area contributed by atoms with Gasteiger partial charge in [0.05, 0.1) is 21.8 Å². The van der Waals surface area contributed by atoms with Gasteiger partial charge in [-0.2, -0.15) is 0 Å². The summed E-state index contributed by atoms with van der Waals surface area (Å²) in [6.07, 6.45) is 0.